The van der Waals surface area contributed by atoms with E-state index in [4.69, 9.17) is 5.73 Å². The Kier molecular flexibility index (Phi) is 4.98. The number of rotatable bonds is 5. The Bertz CT molecular complexity index is 551. The fraction of sp³-hybridized carbons (Fsp3) is 0.571. The third-order valence-corrected chi connectivity index (χ3v) is 5.15. The van der Waals surface area contributed by atoms with E-state index in [2.05, 4.69) is 0 Å². The molecule has 1 rings (SSSR count). The van der Waals surface area contributed by atoms with E-state index in [9.17, 15) is 8.42 Å². The summed E-state index contributed by atoms with van der Waals surface area (Å²) in [6, 6.07) is 3.50. The van der Waals surface area contributed by atoms with Gasteiger partial charge in [0.15, 0.2) is 0 Å². The summed E-state index contributed by atoms with van der Waals surface area (Å²) < 4.78 is 26.9. The molecule has 0 fully saturated rings. The van der Waals surface area contributed by atoms with Gasteiger partial charge in [0.1, 0.15) is 0 Å². The molecular weight excluding hydrogens is 260 g/mol. The minimum Gasteiger partial charge on any atom is -0.398 e. The molecule has 0 aliphatic rings. The smallest absolute Gasteiger partial charge is 0.243 e. The molecule has 0 aromatic heterocycles. The highest BCUT2D eigenvalue weighted by atomic mass is 32.2. The van der Waals surface area contributed by atoms with E-state index < -0.39 is 10.0 Å². The maximum Gasteiger partial charge on any atom is 0.243 e. The zero-order chi connectivity index (χ0) is 14.8. The largest absolute Gasteiger partial charge is 0.398 e. The van der Waals surface area contributed by atoms with Crippen molar-refractivity contribution >= 4 is 15.7 Å². The van der Waals surface area contributed by atoms with E-state index in [1.165, 1.54) is 4.31 Å². The Labute approximate surface area is 116 Å². The van der Waals surface area contributed by atoms with Gasteiger partial charge in [-0.2, -0.15) is 4.31 Å². The number of anilines is 1. The summed E-state index contributed by atoms with van der Waals surface area (Å²) in [4.78, 5) is 0.326. The van der Waals surface area contributed by atoms with E-state index in [1.807, 2.05) is 27.7 Å². The first-order valence-corrected chi connectivity index (χ1v) is 8.01. The van der Waals surface area contributed by atoms with Gasteiger partial charge in [-0.15, -0.1) is 0 Å². The average Bonchev–Trinajstić information content (AvgIpc) is 2.30. The van der Waals surface area contributed by atoms with Crippen LogP contribution in [-0.4, -0.2) is 25.8 Å². The zero-order valence-corrected chi connectivity index (χ0v) is 13.2. The second kappa shape index (κ2) is 5.92. The van der Waals surface area contributed by atoms with Crippen molar-refractivity contribution in [2.45, 2.75) is 39.5 Å². The third-order valence-electron chi connectivity index (χ3n) is 3.08. The summed E-state index contributed by atoms with van der Waals surface area (Å²) in [5.41, 5.74) is 7.90. The van der Waals surface area contributed by atoms with Gasteiger partial charge in [-0.1, -0.05) is 20.8 Å². The van der Waals surface area contributed by atoms with E-state index in [1.54, 1.807) is 19.1 Å². The molecule has 0 amide bonds. The summed E-state index contributed by atoms with van der Waals surface area (Å²) in [6.07, 6.45) is 0. The van der Waals surface area contributed by atoms with Crippen molar-refractivity contribution in [2.75, 3.05) is 18.8 Å². The predicted octanol–water partition coefficient (Wildman–Crippen LogP) is 2.55. The summed E-state index contributed by atoms with van der Waals surface area (Å²) >= 11 is 0. The topological polar surface area (TPSA) is 63.4 Å². The van der Waals surface area contributed by atoms with E-state index in [0.717, 1.165) is 5.56 Å². The Morgan fingerprint density at radius 2 is 1.84 bits per heavy atom. The van der Waals surface area contributed by atoms with Gasteiger partial charge in [-0.05, 0) is 43.0 Å². The molecule has 0 heterocycles. The molecule has 0 saturated carbocycles. The number of hydrogen-bond acceptors (Lipinski definition) is 3. The van der Waals surface area contributed by atoms with Crippen LogP contribution >= 0.6 is 0 Å². The first-order chi connectivity index (χ1) is 8.70. The zero-order valence-electron chi connectivity index (χ0n) is 12.4. The Hall–Kier alpha value is -1.07. The van der Waals surface area contributed by atoms with Crippen LogP contribution in [0.15, 0.2) is 17.0 Å². The van der Waals surface area contributed by atoms with Crippen LogP contribution in [0.1, 0.15) is 31.9 Å². The summed E-state index contributed by atoms with van der Waals surface area (Å²) in [6.45, 7) is 10.5. The molecule has 0 spiro atoms. The van der Waals surface area contributed by atoms with Crippen LogP contribution in [-0.2, 0) is 10.0 Å². The Morgan fingerprint density at radius 1 is 1.26 bits per heavy atom. The third kappa shape index (κ3) is 3.48. The highest BCUT2D eigenvalue weighted by Crippen LogP contribution is 2.26. The molecule has 1 aromatic carbocycles. The Balaban J connectivity index is 3.33. The summed E-state index contributed by atoms with van der Waals surface area (Å²) in [5, 5.41) is 0. The first-order valence-electron chi connectivity index (χ1n) is 6.57. The quantitative estimate of drug-likeness (QED) is 0.845. The van der Waals surface area contributed by atoms with Crippen molar-refractivity contribution in [2.24, 2.45) is 5.92 Å². The van der Waals surface area contributed by atoms with Gasteiger partial charge < -0.3 is 5.73 Å². The number of sulfonamides is 1. The molecule has 19 heavy (non-hydrogen) atoms. The monoisotopic (exact) mass is 284 g/mol. The lowest BCUT2D eigenvalue weighted by Gasteiger charge is -2.24. The molecule has 0 bridgehead atoms. The van der Waals surface area contributed by atoms with Gasteiger partial charge in [0.2, 0.25) is 10.0 Å². The van der Waals surface area contributed by atoms with Crippen molar-refractivity contribution in [1.82, 2.24) is 4.31 Å². The van der Waals surface area contributed by atoms with Crippen molar-refractivity contribution < 1.29 is 8.42 Å². The second-order valence-electron chi connectivity index (χ2n) is 5.33. The molecule has 5 heteroatoms. The van der Waals surface area contributed by atoms with Crippen LogP contribution in [0.4, 0.5) is 5.69 Å². The van der Waals surface area contributed by atoms with Gasteiger partial charge in [0, 0.05) is 18.8 Å². The summed E-state index contributed by atoms with van der Waals surface area (Å²) in [7, 11) is -3.47. The lowest BCUT2D eigenvalue weighted by atomic mass is 10.1. The van der Waals surface area contributed by atoms with Gasteiger partial charge >= 0.3 is 0 Å². The molecule has 0 aliphatic carbocycles. The molecule has 0 saturated heterocycles. The van der Waals surface area contributed by atoms with Crippen LogP contribution in [0.2, 0.25) is 0 Å². The van der Waals surface area contributed by atoms with Crippen molar-refractivity contribution in [1.29, 1.82) is 0 Å². The number of nitrogens with zero attached hydrogens (tertiary/aromatic N) is 1. The van der Waals surface area contributed by atoms with Crippen molar-refractivity contribution in [3.8, 4) is 0 Å². The van der Waals surface area contributed by atoms with Crippen LogP contribution in [0.5, 0.6) is 0 Å². The molecule has 108 valence electrons. The van der Waals surface area contributed by atoms with Crippen LogP contribution < -0.4 is 5.73 Å². The molecule has 0 unspecified atom stereocenters. The van der Waals surface area contributed by atoms with Gasteiger partial charge in [0.05, 0.1) is 4.90 Å². The Morgan fingerprint density at radius 3 is 2.32 bits per heavy atom. The second-order valence-corrected chi connectivity index (χ2v) is 7.23. The fourth-order valence-electron chi connectivity index (χ4n) is 2.06. The SMILES string of the molecule is CCN(CC(C)C)S(=O)(=O)c1cc(C)cc(N)c1C. The number of nitrogens with two attached hydrogens (primary N) is 1. The minimum atomic E-state index is -3.47. The van der Waals surface area contributed by atoms with Gasteiger partial charge in [0.25, 0.3) is 0 Å². The normalized spacial score (nSPS) is 12.4. The lowest BCUT2D eigenvalue weighted by molar-refractivity contribution is 0.380. The minimum absolute atomic E-state index is 0.289. The summed E-state index contributed by atoms with van der Waals surface area (Å²) in [5.74, 6) is 0.289. The molecule has 4 nitrogen and oxygen atoms in total. The number of benzene rings is 1. The standard InChI is InChI=1S/C14H24N2O2S/c1-6-16(9-10(2)3)19(17,18)14-8-11(4)7-13(15)12(14)5/h7-8,10H,6,9,15H2,1-5H3. The van der Waals surface area contributed by atoms with E-state index in [0.29, 0.717) is 29.2 Å². The van der Waals surface area contributed by atoms with Crippen molar-refractivity contribution in [3.05, 3.63) is 23.3 Å². The van der Waals surface area contributed by atoms with Gasteiger partial charge in [-0.25, -0.2) is 8.42 Å². The average molecular weight is 284 g/mol. The molecule has 0 radical (unpaired) electrons. The molecule has 0 aliphatic heterocycles. The fourth-order valence-corrected chi connectivity index (χ4v) is 4.02. The molecule has 2 N–H and O–H groups in total. The first kappa shape index (κ1) is 16.0. The predicted molar refractivity (Wildman–Crippen MR) is 79.6 cm³/mol. The highest BCUT2D eigenvalue weighted by molar-refractivity contribution is 7.89. The van der Waals surface area contributed by atoms with Gasteiger partial charge in [-0.3, -0.25) is 0 Å². The maximum absolute atomic E-state index is 12.7. The number of aryl methyl sites for hydroxylation is 1. The van der Waals surface area contributed by atoms with E-state index in [-0.39, 0.29) is 5.92 Å². The molecule has 1 aromatic rings. The van der Waals surface area contributed by atoms with Crippen LogP contribution in [0.25, 0.3) is 0 Å². The van der Waals surface area contributed by atoms with Crippen LogP contribution in [0.3, 0.4) is 0 Å². The van der Waals surface area contributed by atoms with Crippen molar-refractivity contribution in [3.63, 3.8) is 0 Å². The number of nitrogen functional groups attached to an aromatic ring is 1. The number of hydrogen-bond donors (Lipinski definition) is 1. The lowest BCUT2D eigenvalue weighted by Crippen LogP contribution is -2.34. The molecule has 0 atom stereocenters. The molecular formula is C14H24N2O2S. The van der Waals surface area contributed by atoms with E-state index >= 15 is 0 Å². The highest BCUT2D eigenvalue weighted by Gasteiger charge is 2.26. The maximum atomic E-state index is 12.7. The van der Waals surface area contributed by atoms with Crippen LogP contribution in [0, 0.1) is 19.8 Å².